The van der Waals surface area contributed by atoms with Crippen LogP contribution < -0.4 is 5.32 Å². The zero-order valence-corrected chi connectivity index (χ0v) is 11.6. The third-order valence-corrected chi connectivity index (χ3v) is 3.36. The molecule has 0 bridgehead atoms. The molecule has 2 unspecified atom stereocenters. The van der Waals surface area contributed by atoms with Gasteiger partial charge in [-0.1, -0.05) is 6.92 Å². The summed E-state index contributed by atoms with van der Waals surface area (Å²) in [6.45, 7) is 10.9. The van der Waals surface area contributed by atoms with Crippen molar-refractivity contribution >= 4 is 0 Å². The summed E-state index contributed by atoms with van der Waals surface area (Å²) in [5, 5.41) is 3.27. The normalized spacial score (nSPS) is 25.5. The molecule has 0 aromatic carbocycles. The van der Waals surface area contributed by atoms with Crippen LogP contribution in [-0.2, 0) is 17.8 Å². The van der Waals surface area contributed by atoms with Gasteiger partial charge in [0.1, 0.15) is 11.5 Å². The van der Waals surface area contributed by atoms with E-state index in [0.29, 0.717) is 12.1 Å². The quantitative estimate of drug-likeness (QED) is 0.870. The lowest BCUT2D eigenvalue weighted by Crippen LogP contribution is -2.46. The molecule has 1 aromatic heterocycles. The van der Waals surface area contributed by atoms with Gasteiger partial charge in [-0.25, -0.2) is 0 Å². The number of hydrogen-bond acceptors (Lipinski definition) is 4. The van der Waals surface area contributed by atoms with Crippen molar-refractivity contribution in [1.82, 2.24) is 10.2 Å². The SMILES string of the molecule is CCNCc1ccc(CN2CC(C)OCC2C)o1. The number of ether oxygens (including phenoxy) is 1. The van der Waals surface area contributed by atoms with Crippen molar-refractivity contribution in [3.63, 3.8) is 0 Å². The van der Waals surface area contributed by atoms with Crippen LogP contribution in [0.4, 0.5) is 0 Å². The van der Waals surface area contributed by atoms with Crippen LogP contribution >= 0.6 is 0 Å². The summed E-state index contributed by atoms with van der Waals surface area (Å²) in [6, 6.07) is 4.61. The highest BCUT2D eigenvalue weighted by molar-refractivity contribution is 5.07. The van der Waals surface area contributed by atoms with Gasteiger partial charge in [-0.3, -0.25) is 4.90 Å². The molecule has 4 nitrogen and oxygen atoms in total. The molecule has 0 aliphatic carbocycles. The molecule has 1 aromatic rings. The Morgan fingerprint density at radius 2 is 2.11 bits per heavy atom. The molecule has 0 amide bonds. The summed E-state index contributed by atoms with van der Waals surface area (Å²) in [5.41, 5.74) is 0. The molecule has 1 fully saturated rings. The predicted octanol–water partition coefficient (Wildman–Crippen LogP) is 2.00. The summed E-state index contributed by atoms with van der Waals surface area (Å²) in [6.07, 6.45) is 0.317. The number of rotatable bonds is 5. The monoisotopic (exact) mass is 252 g/mol. The van der Waals surface area contributed by atoms with Crippen molar-refractivity contribution in [1.29, 1.82) is 0 Å². The van der Waals surface area contributed by atoms with Gasteiger partial charge >= 0.3 is 0 Å². The Balaban J connectivity index is 1.89. The smallest absolute Gasteiger partial charge is 0.118 e. The van der Waals surface area contributed by atoms with Crippen LogP contribution in [0.15, 0.2) is 16.5 Å². The van der Waals surface area contributed by atoms with Gasteiger partial charge in [-0.05, 0) is 32.5 Å². The number of morpholine rings is 1. The van der Waals surface area contributed by atoms with Gasteiger partial charge in [0, 0.05) is 12.6 Å². The lowest BCUT2D eigenvalue weighted by Gasteiger charge is -2.36. The number of furan rings is 1. The minimum atomic E-state index is 0.317. The molecular formula is C14H24N2O2. The highest BCUT2D eigenvalue weighted by Crippen LogP contribution is 2.17. The second-order valence-electron chi connectivity index (χ2n) is 5.07. The topological polar surface area (TPSA) is 37.6 Å². The van der Waals surface area contributed by atoms with E-state index in [1.165, 1.54) is 0 Å². The molecular weight excluding hydrogens is 228 g/mol. The van der Waals surface area contributed by atoms with Crippen molar-refractivity contribution in [3.05, 3.63) is 23.7 Å². The summed E-state index contributed by atoms with van der Waals surface area (Å²) >= 11 is 0. The Bertz CT molecular complexity index is 364. The molecule has 18 heavy (non-hydrogen) atoms. The van der Waals surface area contributed by atoms with Gasteiger partial charge in [0.05, 0.1) is 25.8 Å². The molecule has 1 aliphatic heterocycles. The number of hydrogen-bond donors (Lipinski definition) is 1. The molecule has 1 aliphatic rings. The third-order valence-electron chi connectivity index (χ3n) is 3.36. The Morgan fingerprint density at radius 1 is 1.33 bits per heavy atom. The van der Waals surface area contributed by atoms with Gasteiger partial charge < -0.3 is 14.5 Å². The highest BCUT2D eigenvalue weighted by atomic mass is 16.5. The highest BCUT2D eigenvalue weighted by Gasteiger charge is 2.24. The number of nitrogens with one attached hydrogen (secondary N) is 1. The summed E-state index contributed by atoms with van der Waals surface area (Å²) < 4.78 is 11.5. The Hall–Kier alpha value is -0.840. The Morgan fingerprint density at radius 3 is 2.89 bits per heavy atom. The van der Waals surface area contributed by atoms with Gasteiger partial charge in [0.2, 0.25) is 0 Å². The fourth-order valence-corrected chi connectivity index (χ4v) is 2.24. The second-order valence-corrected chi connectivity index (χ2v) is 5.07. The van der Waals surface area contributed by atoms with Crippen LogP contribution in [0.5, 0.6) is 0 Å². The average molecular weight is 252 g/mol. The first kappa shape index (κ1) is 13.6. The standard InChI is InChI=1S/C14H24N2O2/c1-4-15-7-13-5-6-14(18-13)9-16-8-12(3)17-10-11(16)2/h5-6,11-12,15H,4,7-10H2,1-3H3. The van der Waals surface area contributed by atoms with E-state index >= 15 is 0 Å². The predicted molar refractivity (Wildman–Crippen MR) is 71.4 cm³/mol. The van der Waals surface area contributed by atoms with Crippen LogP contribution in [0.2, 0.25) is 0 Å². The maximum absolute atomic E-state index is 5.83. The lowest BCUT2D eigenvalue weighted by atomic mass is 10.2. The maximum atomic E-state index is 5.83. The second kappa shape index (κ2) is 6.36. The van der Waals surface area contributed by atoms with E-state index in [1.54, 1.807) is 0 Å². The minimum absolute atomic E-state index is 0.317. The molecule has 2 heterocycles. The van der Waals surface area contributed by atoms with Crippen molar-refractivity contribution in [2.45, 2.75) is 46.0 Å². The summed E-state index contributed by atoms with van der Waals surface area (Å²) in [4.78, 5) is 2.42. The van der Waals surface area contributed by atoms with E-state index in [-0.39, 0.29) is 0 Å². The van der Waals surface area contributed by atoms with Crippen LogP contribution in [0, 0.1) is 0 Å². The molecule has 102 valence electrons. The van der Waals surface area contributed by atoms with Gasteiger partial charge in [-0.2, -0.15) is 0 Å². The van der Waals surface area contributed by atoms with Crippen LogP contribution in [0.3, 0.4) is 0 Å². The van der Waals surface area contributed by atoms with Crippen molar-refractivity contribution in [2.75, 3.05) is 19.7 Å². The molecule has 0 saturated carbocycles. The first-order valence-electron chi connectivity index (χ1n) is 6.83. The fraction of sp³-hybridized carbons (Fsp3) is 0.714. The molecule has 2 atom stereocenters. The van der Waals surface area contributed by atoms with Crippen LogP contribution in [-0.4, -0.2) is 36.7 Å². The Kier molecular flexibility index (Phi) is 4.80. The third kappa shape index (κ3) is 3.57. The van der Waals surface area contributed by atoms with E-state index in [9.17, 15) is 0 Å². The van der Waals surface area contributed by atoms with E-state index in [1.807, 2.05) is 0 Å². The molecule has 1 N–H and O–H groups in total. The van der Waals surface area contributed by atoms with E-state index in [4.69, 9.17) is 9.15 Å². The summed E-state index contributed by atoms with van der Waals surface area (Å²) in [5.74, 6) is 2.06. The van der Waals surface area contributed by atoms with Crippen LogP contribution in [0.25, 0.3) is 0 Å². The van der Waals surface area contributed by atoms with Crippen molar-refractivity contribution < 1.29 is 9.15 Å². The zero-order chi connectivity index (χ0) is 13.0. The van der Waals surface area contributed by atoms with Gasteiger partial charge in [-0.15, -0.1) is 0 Å². The van der Waals surface area contributed by atoms with E-state index < -0.39 is 0 Å². The molecule has 1 saturated heterocycles. The van der Waals surface area contributed by atoms with Gasteiger partial charge in [0.25, 0.3) is 0 Å². The molecule has 2 rings (SSSR count). The largest absolute Gasteiger partial charge is 0.463 e. The molecule has 0 radical (unpaired) electrons. The average Bonchev–Trinajstić information content (AvgIpc) is 2.79. The number of nitrogens with zero attached hydrogens (tertiary/aromatic N) is 1. The zero-order valence-electron chi connectivity index (χ0n) is 11.6. The molecule has 0 spiro atoms. The molecule has 4 heteroatoms. The minimum Gasteiger partial charge on any atom is -0.463 e. The first-order chi connectivity index (χ1) is 8.69. The van der Waals surface area contributed by atoms with E-state index in [0.717, 1.165) is 44.3 Å². The Labute approximate surface area is 109 Å². The summed E-state index contributed by atoms with van der Waals surface area (Å²) in [7, 11) is 0. The van der Waals surface area contributed by atoms with E-state index in [2.05, 4.69) is 43.1 Å². The lowest BCUT2D eigenvalue weighted by molar-refractivity contribution is -0.0546. The van der Waals surface area contributed by atoms with Crippen molar-refractivity contribution in [2.24, 2.45) is 0 Å². The van der Waals surface area contributed by atoms with Crippen molar-refractivity contribution in [3.8, 4) is 0 Å². The fourth-order valence-electron chi connectivity index (χ4n) is 2.24. The first-order valence-corrected chi connectivity index (χ1v) is 6.83. The van der Waals surface area contributed by atoms with Gasteiger partial charge in [0.15, 0.2) is 0 Å². The maximum Gasteiger partial charge on any atom is 0.118 e. The van der Waals surface area contributed by atoms with Crippen LogP contribution in [0.1, 0.15) is 32.3 Å².